The molecule has 2 heterocycles. The van der Waals surface area contributed by atoms with Gasteiger partial charge in [-0.3, -0.25) is 4.31 Å². The monoisotopic (exact) mass is 347 g/mol. The van der Waals surface area contributed by atoms with E-state index >= 15 is 0 Å². The van der Waals surface area contributed by atoms with E-state index < -0.39 is 10.0 Å². The fourth-order valence-corrected chi connectivity index (χ4v) is 4.11. The molecule has 2 aromatic rings. The quantitative estimate of drug-likeness (QED) is 0.869. The summed E-state index contributed by atoms with van der Waals surface area (Å²) in [6.07, 6.45) is 2.33. The van der Waals surface area contributed by atoms with E-state index in [0.717, 1.165) is 13.0 Å². The second kappa shape index (κ2) is 7.19. The molecule has 6 nitrogen and oxygen atoms in total. The first-order valence-corrected chi connectivity index (χ1v) is 9.43. The highest BCUT2D eigenvalue weighted by atomic mass is 32.2. The summed E-state index contributed by atoms with van der Waals surface area (Å²) in [5.74, 6) is 0.659. The van der Waals surface area contributed by atoms with Gasteiger partial charge in [0.15, 0.2) is 0 Å². The SMILES string of the molecule is CCN(c1ccccc1)S(=O)(=O)c1ccc(N[C@H]2CCOC2)nc1. The van der Waals surface area contributed by atoms with Crippen LogP contribution in [0, 0.1) is 0 Å². The molecule has 0 spiro atoms. The average molecular weight is 347 g/mol. The Labute approximate surface area is 142 Å². The molecule has 128 valence electrons. The molecule has 0 bridgehead atoms. The van der Waals surface area contributed by atoms with Gasteiger partial charge in [-0.25, -0.2) is 13.4 Å². The van der Waals surface area contributed by atoms with Crippen LogP contribution in [-0.4, -0.2) is 39.2 Å². The highest BCUT2D eigenvalue weighted by molar-refractivity contribution is 7.92. The molecule has 1 aromatic heterocycles. The number of benzene rings is 1. The molecule has 1 fully saturated rings. The molecule has 0 aliphatic carbocycles. The van der Waals surface area contributed by atoms with Crippen LogP contribution in [0.3, 0.4) is 0 Å². The van der Waals surface area contributed by atoms with Crippen LogP contribution in [0.4, 0.5) is 11.5 Å². The Morgan fingerprint density at radius 3 is 2.62 bits per heavy atom. The number of hydrogen-bond acceptors (Lipinski definition) is 5. The molecule has 3 rings (SSSR count). The second-order valence-corrected chi connectivity index (χ2v) is 7.45. The van der Waals surface area contributed by atoms with Crippen molar-refractivity contribution in [3.05, 3.63) is 48.7 Å². The Morgan fingerprint density at radius 1 is 1.25 bits per heavy atom. The Hall–Kier alpha value is -2.12. The topological polar surface area (TPSA) is 71.5 Å². The Bertz CT molecular complexity index is 757. The molecule has 1 aromatic carbocycles. The minimum atomic E-state index is -3.63. The van der Waals surface area contributed by atoms with Crippen LogP contribution in [0.25, 0.3) is 0 Å². The third kappa shape index (κ3) is 3.52. The zero-order valence-corrected chi connectivity index (χ0v) is 14.4. The van der Waals surface area contributed by atoms with Gasteiger partial charge in [-0.1, -0.05) is 18.2 Å². The molecular formula is C17H21N3O3S. The summed E-state index contributed by atoms with van der Waals surface area (Å²) in [6, 6.07) is 12.6. The van der Waals surface area contributed by atoms with Gasteiger partial charge in [-0.15, -0.1) is 0 Å². The Balaban J connectivity index is 1.81. The van der Waals surface area contributed by atoms with Crippen LogP contribution in [0.5, 0.6) is 0 Å². The molecule has 7 heteroatoms. The molecule has 1 atom stereocenters. The van der Waals surface area contributed by atoms with E-state index in [-0.39, 0.29) is 10.9 Å². The number of nitrogens with zero attached hydrogens (tertiary/aromatic N) is 2. The summed E-state index contributed by atoms with van der Waals surface area (Å²) in [7, 11) is -3.63. The van der Waals surface area contributed by atoms with Crippen LogP contribution in [0.1, 0.15) is 13.3 Å². The van der Waals surface area contributed by atoms with Gasteiger partial charge in [-0.05, 0) is 37.6 Å². The van der Waals surface area contributed by atoms with Crippen molar-refractivity contribution < 1.29 is 13.2 Å². The van der Waals surface area contributed by atoms with E-state index in [4.69, 9.17) is 4.74 Å². The Morgan fingerprint density at radius 2 is 2.04 bits per heavy atom. The third-order valence-electron chi connectivity index (χ3n) is 3.94. The van der Waals surface area contributed by atoms with Crippen LogP contribution >= 0.6 is 0 Å². The predicted octanol–water partition coefficient (Wildman–Crippen LogP) is 2.50. The summed E-state index contributed by atoms with van der Waals surface area (Å²) in [5, 5.41) is 3.25. The lowest BCUT2D eigenvalue weighted by atomic mass is 10.2. The molecule has 1 saturated heterocycles. The summed E-state index contributed by atoms with van der Waals surface area (Å²) in [4.78, 5) is 4.43. The number of hydrogen-bond donors (Lipinski definition) is 1. The molecule has 0 amide bonds. The first-order chi connectivity index (χ1) is 11.6. The highest BCUT2D eigenvalue weighted by Crippen LogP contribution is 2.23. The van der Waals surface area contributed by atoms with Crippen LogP contribution < -0.4 is 9.62 Å². The van der Waals surface area contributed by atoms with E-state index in [9.17, 15) is 8.42 Å². The van der Waals surface area contributed by atoms with E-state index in [2.05, 4.69) is 10.3 Å². The van der Waals surface area contributed by atoms with Gasteiger partial charge in [0.1, 0.15) is 10.7 Å². The number of para-hydroxylation sites is 1. The molecule has 0 unspecified atom stereocenters. The van der Waals surface area contributed by atoms with Crippen molar-refractivity contribution in [1.29, 1.82) is 0 Å². The fraction of sp³-hybridized carbons (Fsp3) is 0.353. The van der Waals surface area contributed by atoms with E-state index in [1.165, 1.54) is 10.5 Å². The predicted molar refractivity (Wildman–Crippen MR) is 93.7 cm³/mol. The van der Waals surface area contributed by atoms with E-state index in [0.29, 0.717) is 24.7 Å². The molecule has 1 aliphatic heterocycles. The average Bonchev–Trinajstić information content (AvgIpc) is 3.10. The van der Waals surface area contributed by atoms with Crippen molar-refractivity contribution >= 4 is 21.5 Å². The number of aromatic nitrogens is 1. The van der Waals surface area contributed by atoms with Crippen LogP contribution in [0.15, 0.2) is 53.6 Å². The lowest BCUT2D eigenvalue weighted by Gasteiger charge is -2.22. The van der Waals surface area contributed by atoms with Crippen LogP contribution in [0.2, 0.25) is 0 Å². The van der Waals surface area contributed by atoms with Crippen LogP contribution in [-0.2, 0) is 14.8 Å². The highest BCUT2D eigenvalue weighted by Gasteiger charge is 2.24. The van der Waals surface area contributed by atoms with Gasteiger partial charge in [-0.2, -0.15) is 0 Å². The summed E-state index contributed by atoms with van der Waals surface area (Å²) >= 11 is 0. The second-order valence-electron chi connectivity index (χ2n) is 5.59. The zero-order valence-electron chi connectivity index (χ0n) is 13.6. The smallest absolute Gasteiger partial charge is 0.265 e. The molecule has 1 N–H and O–H groups in total. The van der Waals surface area contributed by atoms with Crippen molar-refractivity contribution in [2.45, 2.75) is 24.3 Å². The van der Waals surface area contributed by atoms with Gasteiger partial charge in [0.25, 0.3) is 10.0 Å². The number of nitrogens with one attached hydrogen (secondary N) is 1. The Kier molecular flexibility index (Phi) is 5.01. The van der Waals surface area contributed by atoms with Crippen molar-refractivity contribution in [2.75, 3.05) is 29.4 Å². The maximum atomic E-state index is 12.9. The normalized spacial score (nSPS) is 17.6. The molecule has 0 radical (unpaired) electrons. The molecular weight excluding hydrogens is 326 g/mol. The van der Waals surface area contributed by atoms with Crippen molar-refractivity contribution in [3.63, 3.8) is 0 Å². The first-order valence-electron chi connectivity index (χ1n) is 7.99. The first kappa shape index (κ1) is 16.7. The maximum Gasteiger partial charge on any atom is 0.265 e. The number of pyridine rings is 1. The fourth-order valence-electron chi connectivity index (χ4n) is 2.69. The number of anilines is 2. The van der Waals surface area contributed by atoms with E-state index in [1.807, 2.05) is 25.1 Å². The third-order valence-corrected chi connectivity index (χ3v) is 5.82. The number of ether oxygens (including phenoxy) is 1. The standard InChI is InChI=1S/C17H21N3O3S/c1-2-20(15-6-4-3-5-7-15)24(21,22)16-8-9-17(18-12-16)19-14-10-11-23-13-14/h3-9,12,14H,2,10-11,13H2,1H3,(H,18,19)/t14-/m0/s1. The van der Waals surface area contributed by atoms with E-state index in [1.54, 1.807) is 24.3 Å². The lowest BCUT2D eigenvalue weighted by molar-refractivity contribution is 0.195. The van der Waals surface area contributed by atoms with Crippen molar-refractivity contribution in [3.8, 4) is 0 Å². The lowest BCUT2D eigenvalue weighted by Crippen LogP contribution is -2.30. The largest absolute Gasteiger partial charge is 0.379 e. The molecule has 1 aliphatic rings. The van der Waals surface area contributed by atoms with Gasteiger partial charge in [0.2, 0.25) is 0 Å². The van der Waals surface area contributed by atoms with Gasteiger partial charge < -0.3 is 10.1 Å². The summed E-state index contributed by atoms with van der Waals surface area (Å²) in [6.45, 7) is 3.56. The van der Waals surface area contributed by atoms with Gasteiger partial charge in [0.05, 0.1) is 18.3 Å². The molecule has 0 saturated carbocycles. The minimum Gasteiger partial charge on any atom is -0.379 e. The zero-order chi connectivity index (χ0) is 17.0. The minimum absolute atomic E-state index is 0.182. The maximum absolute atomic E-state index is 12.9. The van der Waals surface area contributed by atoms with Gasteiger partial charge in [0, 0.05) is 19.3 Å². The summed E-state index contributed by atoms with van der Waals surface area (Å²) in [5.41, 5.74) is 0.644. The van der Waals surface area contributed by atoms with Crippen molar-refractivity contribution in [1.82, 2.24) is 4.98 Å². The van der Waals surface area contributed by atoms with Crippen molar-refractivity contribution in [2.24, 2.45) is 0 Å². The molecule has 24 heavy (non-hydrogen) atoms. The number of rotatable bonds is 6. The van der Waals surface area contributed by atoms with Gasteiger partial charge >= 0.3 is 0 Å². The summed E-state index contributed by atoms with van der Waals surface area (Å²) < 4.78 is 32.4. The number of sulfonamides is 1.